The summed E-state index contributed by atoms with van der Waals surface area (Å²) in [6.45, 7) is 3.10. The van der Waals surface area contributed by atoms with E-state index in [0.29, 0.717) is 23.4 Å². The van der Waals surface area contributed by atoms with Gasteiger partial charge in [0.05, 0.1) is 5.56 Å². The van der Waals surface area contributed by atoms with E-state index in [0.717, 1.165) is 37.5 Å². The molecular formula is C31H39N5O7. The van der Waals surface area contributed by atoms with Gasteiger partial charge in [-0.1, -0.05) is 0 Å². The maximum atomic E-state index is 13.3. The zero-order valence-corrected chi connectivity index (χ0v) is 24.7. The molecule has 4 bridgehead atoms. The number of hydrogen-bond donors (Lipinski definition) is 4. The molecule has 6 rings (SSSR count). The summed E-state index contributed by atoms with van der Waals surface area (Å²) < 4.78 is 6.65. The van der Waals surface area contributed by atoms with Gasteiger partial charge in [-0.2, -0.15) is 0 Å². The molecule has 0 saturated heterocycles. The third-order valence-electron chi connectivity index (χ3n) is 9.19. The number of carbonyl (C=O) groups excluding carboxylic acids is 5. The molecule has 0 radical (unpaired) electrons. The van der Waals surface area contributed by atoms with Crippen LogP contribution in [0.5, 0.6) is 0 Å². The van der Waals surface area contributed by atoms with Crippen LogP contribution in [0.2, 0.25) is 0 Å². The molecule has 4 aliphatic carbocycles. The number of rotatable bonds is 11. The highest BCUT2D eigenvalue weighted by Crippen LogP contribution is 2.53. The smallest absolute Gasteiger partial charge is 0.287 e. The summed E-state index contributed by atoms with van der Waals surface area (Å²) >= 11 is 0. The molecule has 4 aliphatic rings. The van der Waals surface area contributed by atoms with Crippen LogP contribution in [0.15, 0.2) is 33.6 Å². The van der Waals surface area contributed by atoms with Crippen LogP contribution in [-0.2, 0) is 25.7 Å². The van der Waals surface area contributed by atoms with Gasteiger partial charge in [-0.05, 0) is 94.2 Å². The summed E-state index contributed by atoms with van der Waals surface area (Å²) in [5.41, 5.74) is -0.439. The number of aryl methyl sites for hydroxylation is 2. The van der Waals surface area contributed by atoms with Gasteiger partial charge in [0, 0.05) is 25.7 Å². The van der Waals surface area contributed by atoms with Gasteiger partial charge in [0.25, 0.3) is 17.4 Å². The number of nitrogens with one attached hydrogen (secondary N) is 4. The molecule has 0 aliphatic heterocycles. The van der Waals surface area contributed by atoms with Gasteiger partial charge in [0.15, 0.2) is 0 Å². The fraction of sp³-hybridized carbons (Fsp3) is 0.548. The van der Waals surface area contributed by atoms with Gasteiger partial charge >= 0.3 is 0 Å². The van der Waals surface area contributed by atoms with E-state index in [4.69, 9.17) is 4.42 Å². The number of likely N-dealkylation sites (N-methyl/N-ethyl adjacent to an activating group) is 1. The van der Waals surface area contributed by atoms with Crippen LogP contribution in [-0.4, -0.2) is 53.1 Å². The second-order valence-corrected chi connectivity index (χ2v) is 12.3. The van der Waals surface area contributed by atoms with Crippen molar-refractivity contribution < 1.29 is 28.4 Å². The Morgan fingerprint density at radius 3 is 2.30 bits per heavy atom. The lowest BCUT2D eigenvalue weighted by Gasteiger charge is -2.54. The highest BCUT2D eigenvalue weighted by atomic mass is 16.3. The van der Waals surface area contributed by atoms with Crippen molar-refractivity contribution in [1.82, 2.24) is 20.5 Å². The maximum Gasteiger partial charge on any atom is 0.287 e. The van der Waals surface area contributed by atoms with Crippen molar-refractivity contribution in [2.75, 3.05) is 12.4 Å². The molecule has 4 saturated carbocycles. The molecule has 4 amide bonds. The zero-order valence-electron chi connectivity index (χ0n) is 24.7. The molecule has 0 aromatic carbocycles. The Morgan fingerprint density at radius 2 is 1.70 bits per heavy atom. The van der Waals surface area contributed by atoms with Gasteiger partial charge < -0.3 is 30.3 Å². The van der Waals surface area contributed by atoms with Crippen LogP contribution < -0.4 is 26.8 Å². The second kappa shape index (κ2) is 12.6. The number of ketones is 1. The lowest BCUT2D eigenvalue weighted by Crippen LogP contribution is -2.56. The highest BCUT2D eigenvalue weighted by Gasteiger charge is 2.48. The number of nitrogens with zero attached hydrogens (tertiary/aromatic N) is 1. The number of hydrogen-bond acceptors (Lipinski definition) is 7. The Morgan fingerprint density at radius 1 is 1.02 bits per heavy atom. The van der Waals surface area contributed by atoms with Crippen molar-refractivity contribution in [2.24, 2.45) is 23.7 Å². The molecular weight excluding hydrogens is 554 g/mol. The van der Waals surface area contributed by atoms with Crippen molar-refractivity contribution in [3.63, 3.8) is 0 Å². The van der Waals surface area contributed by atoms with Gasteiger partial charge in [0.2, 0.25) is 17.6 Å². The fourth-order valence-electron chi connectivity index (χ4n) is 7.41. The van der Waals surface area contributed by atoms with Crippen LogP contribution in [0, 0.1) is 37.5 Å². The summed E-state index contributed by atoms with van der Waals surface area (Å²) in [6.07, 6.45) is 6.94. The Hall–Kier alpha value is -4.22. The standard InChI is InChI=1S/C31H39N5O7/c1-16-9-22(17(2)43-16)28(39)33-23(6-7-25(37)30(41)32-3)29(40)34-24-5-4-8-36(31(24)42)15-26(38)35-27-20-11-18-10-19(13-20)14-21(27)12-18/h4-5,8-9,18-21,23,27H,6-7,10-15H2,1-3H3,(H,32,41)(H,33,39)(H,34,40)(H,35,38)/t18?,19?,20?,21?,23-,27?/m0/s1. The normalized spacial score (nSPS) is 24.2. The quantitative estimate of drug-likeness (QED) is 0.288. The average molecular weight is 594 g/mol. The number of anilines is 1. The summed E-state index contributed by atoms with van der Waals surface area (Å²) in [4.78, 5) is 76.4. The molecule has 2 heterocycles. The minimum absolute atomic E-state index is 0.0814. The number of aromatic nitrogens is 1. The summed E-state index contributed by atoms with van der Waals surface area (Å²) in [7, 11) is 1.32. The Kier molecular flexibility index (Phi) is 8.84. The zero-order chi connectivity index (χ0) is 30.8. The van der Waals surface area contributed by atoms with E-state index in [2.05, 4.69) is 21.3 Å². The van der Waals surface area contributed by atoms with Crippen molar-refractivity contribution in [3.05, 3.63) is 51.8 Å². The van der Waals surface area contributed by atoms with E-state index in [1.165, 1.54) is 36.4 Å². The molecule has 1 atom stereocenters. The molecule has 43 heavy (non-hydrogen) atoms. The lowest BCUT2D eigenvalue weighted by molar-refractivity contribution is -0.137. The SMILES string of the molecule is CNC(=O)C(=O)CC[C@H](NC(=O)c1cc(C)oc1C)C(=O)Nc1cccn(CC(=O)NC2C3CC4CC(C3)CC2C4)c1=O. The van der Waals surface area contributed by atoms with Crippen LogP contribution >= 0.6 is 0 Å². The predicted molar refractivity (Wildman–Crippen MR) is 156 cm³/mol. The molecule has 4 N–H and O–H groups in total. The lowest BCUT2D eigenvalue weighted by atomic mass is 9.54. The largest absolute Gasteiger partial charge is 0.466 e. The Bertz CT molecular complexity index is 1460. The number of amides is 4. The summed E-state index contributed by atoms with van der Waals surface area (Å²) in [6, 6.07) is 3.38. The van der Waals surface area contributed by atoms with Gasteiger partial charge in [-0.15, -0.1) is 0 Å². The van der Waals surface area contributed by atoms with Crippen molar-refractivity contribution in [1.29, 1.82) is 0 Å². The maximum absolute atomic E-state index is 13.3. The monoisotopic (exact) mass is 593 g/mol. The van der Waals surface area contributed by atoms with Crippen LogP contribution in [0.3, 0.4) is 0 Å². The first kappa shape index (κ1) is 30.2. The van der Waals surface area contributed by atoms with Crippen LogP contribution in [0.4, 0.5) is 5.69 Å². The van der Waals surface area contributed by atoms with Gasteiger partial charge in [-0.3, -0.25) is 28.8 Å². The highest BCUT2D eigenvalue weighted by molar-refractivity contribution is 6.36. The molecule has 0 unspecified atom stereocenters. The summed E-state index contributed by atoms with van der Waals surface area (Å²) in [5, 5.41) is 10.6. The number of pyridine rings is 1. The Labute approximate surface area is 249 Å². The van der Waals surface area contributed by atoms with E-state index >= 15 is 0 Å². The molecule has 4 fully saturated rings. The number of Topliss-reactive ketones (excluding diaryl/α,β-unsaturated/α-hetero) is 1. The van der Waals surface area contributed by atoms with E-state index in [1.54, 1.807) is 19.9 Å². The molecule has 12 nitrogen and oxygen atoms in total. The van der Waals surface area contributed by atoms with E-state index in [9.17, 15) is 28.8 Å². The Balaban J connectivity index is 1.25. The van der Waals surface area contributed by atoms with Crippen molar-refractivity contribution in [3.8, 4) is 0 Å². The molecule has 12 heteroatoms. The molecule has 2 aromatic heterocycles. The minimum atomic E-state index is -1.25. The molecule has 0 spiro atoms. The van der Waals surface area contributed by atoms with Gasteiger partial charge in [0.1, 0.15) is 29.8 Å². The van der Waals surface area contributed by atoms with Crippen LogP contribution in [0.25, 0.3) is 0 Å². The number of carbonyl (C=O) groups is 5. The molecule has 2 aromatic rings. The van der Waals surface area contributed by atoms with Crippen LogP contribution in [0.1, 0.15) is 66.8 Å². The first-order valence-corrected chi connectivity index (χ1v) is 14.9. The van der Waals surface area contributed by atoms with Crippen molar-refractivity contribution in [2.45, 2.75) is 77.4 Å². The third kappa shape index (κ3) is 6.73. The first-order chi connectivity index (χ1) is 20.5. The predicted octanol–water partition coefficient (Wildman–Crippen LogP) is 1.83. The van der Waals surface area contributed by atoms with E-state index < -0.39 is 35.1 Å². The average Bonchev–Trinajstić information content (AvgIpc) is 3.31. The topological polar surface area (TPSA) is 169 Å². The fourth-order valence-corrected chi connectivity index (χ4v) is 7.41. The first-order valence-electron chi connectivity index (χ1n) is 14.9. The van der Waals surface area contributed by atoms with Crippen molar-refractivity contribution >= 4 is 35.1 Å². The van der Waals surface area contributed by atoms with E-state index in [-0.39, 0.29) is 42.6 Å². The summed E-state index contributed by atoms with van der Waals surface area (Å²) in [5.74, 6) is 0.262. The number of furan rings is 1. The van der Waals surface area contributed by atoms with E-state index in [1.807, 2.05) is 0 Å². The van der Waals surface area contributed by atoms with Gasteiger partial charge in [-0.25, -0.2) is 0 Å². The minimum Gasteiger partial charge on any atom is -0.466 e. The molecule has 230 valence electrons. The third-order valence-corrected chi connectivity index (χ3v) is 9.19. The second-order valence-electron chi connectivity index (χ2n) is 12.3.